The maximum absolute atomic E-state index is 14.3. The van der Waals surface area contributed by atoms with Crippen LogP contribution in [0.4, 0.5) is 18.9 Å². The molecular weight excluding hydrogens is 387 g/mol. The Balaban J connectivity index is 1.81. The van der Waals surface area contributed by atoms with Crippen LogP contribution in [-0.4, -0.2) is 33.9 Å². The van der Waals surface area contributed by atoms with Gasteiger partial charge in [-0.15, -0.1) is 0 Å². The summed E-state index contributed by atoms with van der Waals surface area (Å²) in [6, 6.07) is 5.57. The second-order valence-corrected chi connectivity index (χ2v) is 6.98. The fourth-order valence-corrected chi connectivity index (χ4v) is 3.67. The summed E-state index contributed by atoms with van der Waals surface area (Å²) in [7, 11) is 0. The summed E-state index contributed by atoms with van der Waals surface area (Å²) in [5, 5.41) is 4.00. The zero-order valence-corrected chi connectivity index (χ0v) is 15.0. The van der Waals surface area contributed by atoms with E-state index in [4.69, 9.17) is 11.5 Å². The Morgan fingerprint density at radius 1 is 1.14 bits per heavy atom. The summed E-state index contributed by atoms with van der Waals surface area (Å²) in [5.41, 5.74) is 11.6. The number of rotatable bonds is 4. The Bertz CT molecular complexity index is 1140. The third-order valence-corrected chi connectivity index (χ3v) is 4.96. The van der Waals surface area contributed by atoms with Crippen molar-refractivity contribution in [2.75, 3.05) is 11.4 Å². The minimum atomic E-state index is -3.04. The first-order chi connectivity index (χ1) is 13.6. The van der Waals surface area contributed by atoms with Crippen LogP contribution in [0.1, 0.15) is 38.7 Å². The fraction of sp³-hybridized carbons (Fsp3) is 0.211. The smallest absolute Gasteiger partial charge is 0.267 e. The van der Waals surface area contributed by atoms with Crippen molar-refractivity contribution in [3.63, 3.8) is 0 Å². The molecule has 4 N–H and O–H groups in total. The number of fused-ring (bicyclic) bond motifs is 1. The number of pyridine rings is 1. The normalized spacial score (nSPS) is 18.3. The van der Waals surface area contributed by atoms with Crippen LogP contribution in [0.15, 0.2) is 42.7 Å². The number of aromatic nitrogens is 2. The topological polar surface area (TPSA) is 107 Å². The first-order valence-corrected chi connectivity index (χ1v) is 8.66. The number of hydrogen-bond donors (Lipinski definition) is 2. The summed E-state index contributed by atoms with van der Waals surface area (Å²) in [6.45, 7) is -0.615. The molecule has 1 saturated heterocycles. The van der Waals surface area contributed by atoms with Gasteiger partial charge in [0.1, 0.15) is 5.82 Å². The standard InChI is InChI=1S/C19H16F3N5O2/c20-12-4-10(3-11(5-12)17(23)28)16-7-19(21,22)9-26(16)13-1-2-27-15(6-13)14(8-25-27)18(24)29/h1-6,8,16H,7,9H2,(H2,23,28)(H2,24,29)/t16-/m1/s1. The largest absolute Gasteiger partial charge is 0.366 e. The third-order valence-electron chi connectivity index (χ3n) is 4.96. The Labute approximate surface area is 162 Å². The number of alkyl halides is 2. The van der Waals surface area contributed by atoms with Crippen LogP contribution in [0, 0.1) is 5.82 Å². The summed E-state index contributed by atoms with van der Waals surface area (Å²) in [4.78, 5) is 24.4. The molecule has 1 aliphatic rings. The molecule has 7 nitrogen and oxygen atoms in total. The zero-order valence-electron chi connectivity index (χ0n) is 15.0. The molecule has 1 aliphatic heterocycles. The Morgan fingerprint density at radius 2 is 1.90 bits per heavy atom. The van der Waals surface area contributed by atoms with Crippen LogP contribution < -0.4 is 16.4 Å². The van der Waals surface area contributed by atoms with Crippen molar-refractivity contribution in [1.29, 1.82) is 0 Å². The molecular formula is C19H16F3N5O2. The van der Waals surface area contributed by atoms with Gasteiger partial charge in [0.05, 0.1) is 29.9 Å². The van der Waals surface area contributed by atoms with Crippen LogP contribution in [0.5, 0.6) is 0 Å². The van der Waals surface area contributed by atoms with Crippen LogP contribution in [0.3, 0.4) is 0 Å². The predicted octanol–water partition coefficient (Wildman–Crippen LogP) is 2.26. The van der Waals surface area contributed by atoms with E-state index < -0.39 is 42.6 Å². The summed E-state index contributed by atoms with van der Waals surface area (Å²) in [5.74, 6) is -5.33. The van der Waals surface area contributed by atoms with E-state index in [1.165, 1.54) is 33.9 Å². The molecule has 10 heteroatoms. The second-order valence-electron chi connectivity index (χ2n) is 6.98. The fourth-order valence-electron chi connectivity index (χ4n) is 3.67. The highest BCUT2D eigenvalue weighted by Crippen LogP contribution is 2.44. The third kappa shape index (κ3) is 3.37. The highest BCUT2D eigenvalue weighted by Gasteiger charge is 2.46. The van der Waals surface area contributed by atoms with Gasteiger partial charge in [0.15, 0.2) is 0 Å². The van der Waals surface area contributed by atoms with Gasteiger partial charge in [-0.25, -0.2) is 17.7 Å². The van der Waals surface area contributed by atoms with Gasteiger partial charge in [-0.3, -0.25) is 9.59 Å². The highest BCUT2D eigenvalue weighted by atomic mass is 19.3. The van der Waals surface area contributed by atoms with Gasteiger partial charge < -0.3 is 16.4 Å². The van der Waals surface area contributed by atoms with E-state index in [1.807, 2.05) is 0 Å². The molecule has 2 amide bonds. The van der Waals surface area contributed by atoms with Crippen LogP contribution in [0.2, 0.25) is 0 Å². The Hall–Kier alpha value is -3.56. The van der Waals surface area contributed by atoms with Crippen molar-refractivity contribution in [2.45, 2.75) is 18.4 Å². The number of nitrogens with two attached hydrogens (primary N) is 2. The lowest BCUT2D eigenvalue weighted by Crippen LogP contribution is -2.26. The molecule has 3 aromatic rings. The minimum absolute atomic E-state index is 0.0996. The maximum atomic E-state index is 14.3. The first kappa shape index (κ1) is 18.8. The molecule has 0 unspecified atom stereocenters. The molecule has 0 bridgehead atoms. The number of carbonyl (C=O) groups excluding carboxylic acids is 2. The Kier molecular flexibility index (Phi) is 4.21. The van der Waals surface area contributed by atoms with Gasteiger partial charge in [-0.1, -0.05) is 0 Å². The second kappa shape index (κ2) is 6.50. The summed E-state index contributed by atoms with van der Waals surface area (Å²) >= 11 is 0. The molecule has 4 rings (SSSR count). The molecule has 1 fully saturated rings. The Morgan fingerprint density at radius 3 is 2.59 bits per heavy atom. The van der Waals surface area contributed by atoms with E-state index >= 15 is 0 Å². The molecule has 1 atom stereocenters. The number of primary amides is 2. The number of benzene rings is 1. The quantitative estimate of drug-likeness (QED) is 0.697. The molecule has 3 heterocycles. The average molecular weight is 403 g/mol. The van der Waals surface area contributed by atoms with Crippen LogP contribution in [0.25, 0.3) is 5.52 Å². The van der Waals surface area contributed by atoms with E-state index in [0.717, 1.165) is 12.1 Å². The highest BCUT2D eigenvalue weighted by molar-refractivity contribution is 6.00. The number of anilines is 1. The van der Waals surface area contributed by atoms with Crippen molar-refractivity contribution in [2.24, 2.45) is 11.5 Å². The number of halogens is 3. The van der Waals surface area contributed by atoms with Gasteiger partial charge in [-0.05, 0) is 35.9 Å². The molecule has 0 aliphatic carbocycles. The van der Waals surface area contributed by atoms with Crippen LogP contribution >= 0.6 is 0 Å². The van der Waals surface area contributed by atoms with E-state index in [0.29, 0.717) is 11.2 Å². The molecule has 0 saturated carbocycles. The average Bonchev–Trinajstić information content (AvgIpc) is 3.21. The number of hydrogen-bond acceptors (Lipinski definition) is 4. The van der Waals surface area contributed by atoms with E-state index in [9.17, 15) is 22.8 Å². The van der Waals surface area contributed by atoms with Gasteiger partial charge >= 0.3 is 0 Å². The lowest BCUT2D eigenvalue weighted by atomic mass is 10.00. The van der Waals surface area contributed by atoms with Crippen molar-refractivity contribution in [3.05, 3.63) is 65.2 Å². The van der Waals surface area contributed by atoms with Crippen molar-refractivity contribution >= 4 is 23.0 Å². The van der Waals surface area contributed by atoms with Gasteiger partial charge in [0.2, 0.25) is 5.91 Å². The van der Waals surface area contributed by atoms with Gasteiger partial charge in [-0.2, -0.15) is 5.10 Å². The van der Waals surface area contributed by atoms with E-state index in [-0.39, 0.29) is 16.7 Å². The number of amides is 2. The molecule has 2 aromatic heterocycles. The lowest BCUT2D eigenvalue weighted by Gasteiger charge is -2.27. The molecule has 1 aromatic carbocycles. The lowest BCUT2D eigenvalue weighted by molar-refractivity contribution is 0.0223. The minimum Gasteiger partial charge on any atom is -0.366 e. The maximum Gasteiger partial charge on any atom is 0.267 e. The van der Waals surface area contributed by atoms with E-state index in [2.05, 4.69) is 5.10 Å². The van der Waals surface area contributed by atoms with Crippen LogP contribution in [-0.2, 0) is 0 Å². The number of nitrogens with zero attached hydrogens (tertiary/aromatic N) is 3. The SMILES string of the molecule is NC(=O)c1cc(F)cc([C@H]2CC(F)(F)CN2c2ccn3ncc(C(N)=O)c3c2)c1. The summed E-state index contributed by atoms with van der Waals surface area (Å²) < 4.78 is 44.0. The van der Waals surface area contributed by atoms with Crippen molar-refractivity contribution < 1.29 is 22.8 Å². The zero-order chi connectivity index (χ0) is 20.9. The van der Waals surface area contributed by atoms with Gasteiger partial charge in [0, 0.05) is 23.9 Å². The van der Waals surface area contributed by atoms with Crippen molar-refractivity contribution in [3.8, 4) is 0 Å². The molecule has 150 valence electrons. The number of carbonyl (C=O) groups is 2. The molecule has 29 heavy (non-hydrogen) atoms. The van der Waals surface area contributed by atoms with Gasteiger partial charge in [0.25, 0.3) is 11.8 Å². The predicted molar refractivity (Wildman–Crippen MR) is 98.3 cm³/mol. The van der Waals surface area contributed by atoms with Crippen molar-refractivity contribution in [1.82, 2.24) is 9.61 Å². The van der Waals surface area contributed by atoms with E-state index in [1.54, 1.807) is 6.07 Å². The molecule has 0 radical (unpaired) electrons. The summed E-state index contributed by atoms with van der Waals surface area (Å²) in [6.07, 6.45) is 2.25. The monoisotopic (exact) mass is 403 g/mol. The first-order valence-electron chi connectivity index (χ1n) is 8.66. The molecule has 0 spiro atoms.